The number of fused-ring (bicyclic) bond motifs is 14. The molecule has 1 aliphatic rings. The van der Waals surface area contributed by atoms with Crippen molar-refractivity contribution in [2.24, 2.45) is 0 Å². The summed E-state index contributed by atoms with van der Waals surface area (Å²) in [6.45, 7) is 0. The maximum absolute atomic E-state index is 3.56. The number of para-hydroxylation sites is 1. The lowest BCUT2D eigenvalue weighted by atomic mass is 9.86. The van der Waals surface area contributed by atoms with Crippen molar-refractivity contribution in [2.75, 3.05) is 0 Å². The number of hydrogen-bond donors (Lipinski definition) is 0. The molecule has 1 aliphatic carbocycles. The van der Waals surface area contributed by atoms with Gasteiger partial charge in [-0.25, -0.2) is 0 Å². The van der Waals surface area contributed by atoms with Crippen LogP contribution in [0.15, 0.2) is 381 Å². The van der Waals surface area contributed by atoms with Gasteiger partial charge in [0.2, 0.25) is 0 Å². The Labute approximate surface area is 584 Å². The van der Waals surface area contributed by atoms with Crippen LogP contribution in [0, 0.1) is 0 Å². The smallest absolute Gasteiger partial charge is 0.0619 e. The van der Waals surface area contributed by atoms with E-state index in [0.29, 0.717) is 0 Å². The monoisotopic (exact) mass is 1320 g/mol. The van der Waals surface area contributed by atoms with E-state index in [1.54, 1.807) is 0 Å². The minimum atomic E-state index is 1.04. The molecule has 464 valence electrons. The van der Waals surface area contributed by atoms with E-state index in [9.17, 15) is 0 Å². The summed E-state index contributed by atoms with van der Waals surface area (Å²) in [5.74, 6) is 0. The Morgan fingerprint density at radius 1 is 0.212 bits per heavy atom. The highest BCUT2D eigenvalue weighted by Crippen LogP contribution is 2.49. The zero-order chi connectivity index (χ0) is 65.8. The first-order valence-electron chi connectivity index (χ1n) is 34.1. The van der Waals surface area contributed by atoms with Crippen molar-refractivity contribution in [3.05, 3.63) is 392 Å². The number of halogens is 1. The van der Waals surface area contributed by atoms with Gasteiger partial charge in [-0.05, 0) is 197 Å². The van der Waals surface area contributed by atoms with Crippen LogP contribution in [-0.4, -0.2) is 4.57 Å². The SMILES string of the molecule is Brc1ccc(-c2c3ccccc3c(-c3ccccc3)c3ccccc23)cc1.c1ccc(-c2c3ccccc3c(-c3ccc(-n4c5ccccc5c5cc(-c6ccccc6)c6ccccc6c54)cc3)c3ccccc23)cc1.c1ccc(-c2cc3c(c4ccccc24)Cc2ccccc2-3)cc1. The summed E-state index contributed by atoms with van der Waals surface area (Å²) in [5, 5.41) is 18.0. The van der Waals surface area contributed by atoms with E-state index in [2.05, 4.69) is 397 Å². The minimum absolute atomic E-state index is 1.04. The first kappa shape index (κ1) is 59.3. The second kappa shape index (κ2) is 25.4. The van der Waals surface area contributed by atoms with Crippen molar-refractivity contribution < 1.29 is 0 Å². The van der Waals surface area contributed by atoms with Gasteiger partial charge >= 0.3 is 0 Å². The average molecular weight is 1320 g/mol. The van der Waals surface area contributed by atoms with Gasteiger partial charge in [0.15, 0.2) is 0 Å². The first-order valence-corrected chi connectivity index (χ1v) is 34.9. The Morgan fingerprint density at radius 2 is 0.535 bits per heavy atom. The standard InChI is InChI=1S/C48H31N.C26H17Br.C23H16/c1-3-15-32(16-4-1)43-31-44-37-20-13-14-26-45(37)49(48(44)42-25-12-7-19-36(42)43)35-29-27-34(28-30-35)47-40-23-10-8-21-38(40)46(33-17-5-2-6-18-33)39-22-9-11-24-41(39)47;27-20-16-14-19(15-17-20)26-23-12-6-4-10-21(23)25(18-8-2-1-3-9-18)22-11-5-7-13-24(22)26;1-2-8-16(9-3-1)21-15-23-18-11-5-4-10-17(18)14-22(23)20-13-7-6-12-19(20)21/h1-31H;1-17H;1-13,15H,14H2. The molecule has 0 bridgehead atoms. The van der Waals surface area contributed by atoms with Crippen LogP contribution in [0.2, 0.25) is 0 Å². The highest BCUT2D eigenvalue weighted by molar-refractivity contribution is 9.10. The van der Waals surface area contributed by atoms with Crippen LogP contribution in [0.3, 0.4) is 0 Å². The first-order chi connectivity index (χ1) is 49.1. The van der Waals surface area contributed by atoms with Gasteiger partial charge in [0, 0.05) is 26.3 Å². The molecule has 99 heavy (non-hydrogen) atoms. The van der Waals surface area contributed by atoms with Crippen LogP contribution in [0.1, 0.15) is 11.1 Å². The molecule has 0 amide bonds. The van der Waals surface area contributed by atoms with Gasteiger partial charge < -0.3 is 4.57 Å². The van der Waals surface area contributed by atoms with Crippen molar-refractivity contribution in [3.8, 4) is 83.6 Å². The summed E-state index contributed by atoms with van der Waals surface area (Å²) >= 11 is 3.56. The van der Waals surface area contributed by atoms with Gasteiger partial charge in [0.05, 0.1) is 11.0 Å². The van der Waals surface area contributed by atoms with E-state index < -0.39 is 0 Å². The lowest BCUT2D eigenvalue weighted by molar-refractivity contribution is 1.19. The summed E-state index contributed by atoms with van der Waals surface area (Å²) in [7, 11) is 0. The van der Waals surface area contributed by atoms with Gasteiger partial charge in [-0.15, -0.1) is 0 Å². The largest absolute Gasteiger partial charge is 0.309 e. The molecule has 0 spiro atoms. The lowest BCUT2D eigenvalue weighted by Gasteiger charge is -2.18. The molecule has 0 radical (unpaired) electrons. The molecule has 0 atom stereocenters. The van der Waals surface area contributed by atoms with E-state index in [1.807, 2.05) is 0 Å². The molecule has 0 unspecified atom stereocenters. The molecule has 0 aliphatic heterocycles. The molecule has 0 N–H and O–H groups in total. The molecule has 0 saturated heterocycles. The second-order valence-electron chi connectivity index (χ2n) is 25.7. The van der Waals surface area contributed by atoms with Gasteiger partial charge in [0.1, 0.15) is 0 Å². The highest BCUT2D eigenvalue weighted by atomic mass is 79.9. The van der Waals surface area contributed by atoms with Crippen molar-refractivity contribution in [1.29, 1.82) is 0 Å². The number of hydrogen-bond acceptors (Lipinski definition) is 0. The van der Waals surface area contributed by atoms with Gasteiger partial charge in [0.25, 0.3) is 0 Å². The van der Waals surface area contributed by atoms with Gasteiger partial charge in [-0.2, -0.15) is 0 Å². The third kappa shape index (κ3) is 10.5. The second-order valence-corrected chi connectivity index (χ2v) is 26.7. The molecular formula is C97H64BrN. The van der Waals surface area contributed by atoms with Crippen molar-refractivity contribution in [1.82, 2.24) is 4.57 Å². The highest BCUT2D eigenvalue weighted by Gasteiger charge is 2.24. The Hall–Kier alpha value is -12.2. The molecule has 2 heteroatoms. The zero-order valence-electron chi connectivity index (χ0n) is 54.3. The maximum Gasteiger partial charge on any atom is 0.0619 e. The van der Waals surface area contributed by atoms with Crippen molar-refractivity contribution in [2.45, 2.75) is 6.42 Å². The van der Waals surface area contributed by atoms with Crippen LogP contribution < -0.4 is 0 Å². The quantitative estimate of drug-likeness (QED) is 0.140. The fourth-order valence-corrected chi connectivity index (χ4v) is 16.2. The van der Waals surface area contributed by atoms with Crippen molar-refractivity contribution >= 4 is 102 Å². The van der Waals surface area contributed by atoms with Crippen LogP contribution >= 0.6 is 15.9 Å². The van der Waals surface area contributed by atoms with Crippen molar-refractivity contribution in [3.63, 3.8) is 0 Å². The molecule has 18 aromatic carbocycles. The van der Waals surface area contributed by atoms with E-state index in [4.69, 9.17) is 0 Å². The Bertz CT molecular complexity index is 6160. The summed E-state index contributed by atoms with van der Waals surface area (Å²) in [4.78, 5) is 0. The normalized spacial score (nSPS) is 11.6. The predicted octanol–water partition coefficient (Wildman–Crippen LogP) is 27.4. The molecule has 0 fully saturated rings. The summed E-state index contributed by atoms with van der Waals surface area (Å²) in [6, 6.07) is 136. The van der Waals surface area contributed by atoms with Crippen LogP contribution in [0.25, 0.3) is 170 Å². The van der Waals surface area contributed by atoms with Crippen LogP contribution in [0.4, 0.5) is 0 Å². The third-order valence-corrected chi connectivity index (χ3v) is 20.7. The number of aromatic nitrogens is 1. The Morgan fingerprint density at radius 3 is 0.990 bits per heavy atom. The topological polar surface area (TPSA) is 4.93 Å². The molecule has 20 rings (SSSR count). The molecule has 0 saturated carbocycles. The number of nitrogens with zero attached hydrogens (tertiary/aromatic N) is 1. The van der Waals surface area contributed by atoms with Crippen LogP contribution in [0.5, 0.6) is 0 Å². The number of rotatable bonds is 7. The van der Waals surface area contributed by atoms with Gasteiger partial charge in [-0.1, -0.05) is 350 Å². The molecule has 1 aromatic heterocycles. The minimum Gasteiger partial charge on any atom is -0.309 e. The summed E-state index contributed by atoms with van der Waals surface area (Å²) in [6.07, 6.45) is 1.04. The maximum atomic E-state index is 3.56. The van der Waals surface area contributed by atoms with E-state index in [1.165, 1.54) is 175 Å². The predicted molar refractivity (Wildman–Crippen MR) is 427 cm³/mol. The summed E-state index contributed by atoms with van der Waals surface area (Å²) in [5.41, 5.74) is 24.6. The number of benzene rings is 18. The fraction of sp³-hybridized carbons (Fsp3) is 0.0103. The van der Waals surface area contributed by atoms with Crippen LogP contribution in [-0.2, 0) is 6.42 Å². The molecule has 19 aromatic rings. The molecule has 1 heterocycles. The van der Waals surface area contributed by atoms with E-state index >= 15 is 0 Å². The van der Waals surface area contributed by atoms with Gasteiger partial charge in [-0.3, -0.25) is 0 Å². The van der Waals surface area contributed by atoms with E-state index in [-0.39, 0.29) is 0 Å². The Balaban J connectivity index is 0.000000119. The lowest BCUT2D eigenvalue weighted by Crippen LogP contribution is -1.95. The molecule has 1 nitrogen and oxygen atoms in total. The van der Waals surface area contributed by atoms with E-state index in [0.717, 1.165) is 16.6 Å². The fourth-order valence-electron chi connectivity index (χ4n) is 15.9. The Kier molecular flexibility index (Phi) is 15.2. The third-order valence-electron chi connectivity index (χ3n) is 20.2. The summed E-state index contributed by atoms with van der Waals surface area (Å²) < 4.78 is 3.56. The average Bonchev–Trinajstić information content (AvgIpc) is 0.944. The molecular weight excluding hydrogens is 1260 g/mol. The zero-order valence-corrected chi connectivity index (χ0v) is 55.9.